The van der Waals surface area contributed by atoms with Crippen LogP contribution in [-0.4, -0.2) is 16.4 Å². The van der Waals surface area contributed by atoms with E-state index in [9.17, 15) is 4.21 Å². The molecular weight excluding hydrogens is 294 g/mol. The summed E-state index contributed by atoms with van der Waals surface area (Å²) in [6.45, 7) is 4.62. The van der Waals surface area contributed by atoms with Crippen LogP contribution in [-0.2, 0) is 17.3 Å². The Bertz CT molecular complexity index is 708. The molecule has 2 rings (SSSR count). The van der Waals surface area contributed by atoms with Crippen molar-refractivity contribution in [3.8, 4) is 0 Å². The van der Waals surface area contributed by atoms with Gasteiger partial charge in [-0.3, -0.25) is 4.21 Å². The van der Waals surface area contributed by atoms with Crippen molar-refractivity contribution in [2.45, 2.75) is 25.3 Å². The van der Waals surface area contributed by atoms with Crippen LogP contribution in [0.15, 0.2) is 52.4 Å². The van der Waals surface area contributed by atoms with Crippen molar-refractivity contribution < 1.29 is 4.21 Å². The first-order valence-electron chi connectivity index (χ1n) is 7.02. The second-order valence-corrected chi connectivity index (χ2v) is 6.60. The summed E-state index contributed by atoms with van der Waals surface area (Å²) in [6, 6.07) is 13.6. The molecule has 3 N–H and O–H groups in total. The summed E-state index contributed by atoms with van der Waals surface area (Å²) in [5, 5.41) is 3.09. The number of benzene rings is 2. The molecule has 0 radical (unpaired) electrons. The quantitative estimate of drug-likeness (QED) is 0.673. The van der Waals surface area contributed by atoms with Crippen LogP contribution in [0.25, 0.3) is 0 Å². The number of anilines is 1. The Morgan fingerprint density at radius 2 is 1.82 bits per heavy atom. The van der Waals surface area contributed by atoms with E-state index in [1.165, 1.54) is 11.1 Å². The molecule has 1 atom stereocenters. The lowest BCUT2D eigenvalue weighted by Gasteiger charge is -2.08. The molecule has 0 heterocycles. The van der Waals surface area contributed by atoms with Gasteiger partial charge in [0.1, 0.15) is 0 Å². The second-order valence-electron chi connectivity index (χ2n) is 5.22. The summed E-state index contributed by atoms with van der Waals surface area (Å²) in [7, 11) is -0.954. The maximum Gasteiger partial charge on any atom is 0.193 e. The summed E-state index contributed by atoms with van der Waals surface area (Å²) in [4.78, 5) is 5.14. The number of hydrogen-bond acceptors (Lipinski definition) is 2. The number of hydrogen-bond donors (Lipinski definition) is 2. The molecule has 0 aliphatic heterocycles. The highest BCUT2D eigenvalue weighted by Crippen LogP contribution is 2.14. The molecule has 2 aromatic carbocycles. The minimum absolute atomic E-state index is 0.381. The van der Waals surface area contributed by atoms with Crippen LogP contribution in [0.1, 0.15) is 16.7 Å². The molecule has 2 aromatic rings. The number of aryl methyl sites for hydroxylation is 2. The van der Waals surface area contributed by atoms with Crippen LogP contribution in [0.5, 0.6) is 0 Å². The molecule has 0 saturated carbocycles. The molecule has 116 valence electrons. The first kappa shape index (κ1) is 16.2. The lowest BCUT2D eigenvalue weighted by Crippen LogP contribution is -2.22. The number of nitrogens with two attached hydrogens (primary N) is 1. The Labute approximate surface area is 133 Å². The van der Waals surface area contributed by atoms with Gasteiger partial charge in [0.2, 0.25) is 0 Å². The fraction of sp³-hybridized carbons (Fsp3) is 0.235. The van der Waals surface area contributed by atoms with Crippen LogP contribution in [0, 0.1) is 13.8 Å². The van der Waals surface area contributed by atoms with E-state index in [0.29, 0.717) is 12.5 Å². The molecule has 22 heavy (non-hydrogen) atoms. The van der Waals surface area contributed by atoms with Gasteiger partial charge >= 0.3 is 0 Å². The third-order valence-electron chi connectivity index (χ3n) is 3.47. The molecule has 0 aromatic heterocycles. The zero-order valence-electron chi connectivity index (χ0n) is 13.1. The largest absolute Gasteiger partial charge is 0.370 e. The smallest absolute Gasteiger partial charge is 0.193 e. The summed E-state index contributed by atoms with van der Waals surface area (Å²) in [6.07, 6.45) is 1.67. The molecule has 1 unspecified atom stereocenters. The van der Waals surface area contributed by atoms with Gasteiger partial charge in [0.25, 0.3) is 0 Å². The maximum absolute atomic E-state index is 11.3. The minimum atomic E-state index is -0.954. The Hall–Kier alpha value is -2.14. The van der Waals surface area contributed by atoms with Crippen molar-refractivity contribution >= 4 is 22.4 Å². The van der Waals surface area contributed by atoms with E-state index in [4.69, 9.17) is 5.73 Å². The van der Waals surface area contributed by atoms with Gasteiger partial charge in [0.05, 0.1) is 6.54 Å². The fourth-order valence-electron chi connectivity index (χ4n) is 1.97. The van der Waals surface area contributed by atoms with Crippen molar-refractivity contribution in [1.82, 2.24) is 0 Å². The van der Waals surface area contributed by atoms with E-state index in [-0.39, 0.29) is 0 Å². The third-order valence-corrected chi connectivity index (χ3v) is 4.40. The first-order valence-corrected chi connectivity index (χ1v) is 8.58. The van der Waals surface area contributed by atoms with Crippen molar-refractivity contribution in [1.29, 1.82) is 0 Å². The minimum Gasteiger partial charge on any atom is -0.370 e. The number of rotatable bonds is 4. The third kappa shape index (κ3) is 4.43. The summed E-state index contributed by atoms with van der Waals surface area (Å²) in [5.74, 6) is 0.381. The molecule has 0 saturated heterocycles. The molecule has 0 aliphatic rings. The predicted molar refractivity (Wildman–Crippen MR) is 93.6 cm³/mol. The summed E-state index contributed by atoms with van der Waals surface area (Å²) < 4.78 is 11.3. The normalized spacial score (nSPS) is 13.0. The highest BCUT2D eigenvalue weighted by atomic mass is 32.2. The molecule has 0 aliphatic carbocycles. The summed E-state index contributed by atoms with van der Waals surface area (Å²) in [5.41, 5.74) is 10.3. The molecule has 5 heteroatoms. The molecule has 0 bridgehead atoms. The van der Waals surface area contributed by atoms with Crippen molar-refractivity contribution in [3.05, 3.63) is 59.2 Å². The highest BCUT2D eigenvalue weighted by Gasteiger charge is 2.00. The average Bonchev–Trinajstić information content (AvgIpc) is 2.49. The van der Waals surface area contributed by atoms with Crippen LogP contribution < -0.4 is 11.1 Å². The van der Waals surface area contributed by atoms with E-state index in [1.807, 2.05) is 36.4 Å². The van der Waals surface area contributed by atoms with Gasteiger partial charge in [0.15, 0.2) is 5.96 Å². The van der Waals surface area contributed by atoms with Crippen LogP contribution in [0.2, 0.25) is 0 Å². The lowest BCUT2D eigenvalue weighted by atomic mass is 10.1. The van der Waals surface area contributed by atoms with Gasteiger partial charge in [-0.1, -0.05) is 18.2 Å². The molecular formula is C17H21N3OS. The Kier molecular flexibility index (Phi) is 5.33. The number of aliphatic imine (C=N–C) groups is 1. The van der Waals surface area contributed by atoms with Gasteiger partial charge in [-0.2, -0.15) is 0 Å². The molecule has 0 spiro atoms. The highest BCUT2D eigenvalue weighted by molar-refractivity contribution is 7.84. The molecule has 0 fully saturated rings. The SMILES string of the molecule is Cc1ccc(NC(N)=NCc2ccc(S(C)=O)cc2)cc1C. The van der Waals surface area contributed by atoms with Gasteiger partial charge in [0, 0.05) is 27.6 Å². The molecule has 0 amide bonds. The lowest BCUT2D eigenvalue weighted by molar-refractivity contribution is 0.687. The van der Waals surface area contributed by atoms with Crippen molar-refractivity contribution in [2.24, 2.45) is 10.7 Å². The first-order chi connectivity index (χ1) is 10.5. The maximum atomic E-state index is 11.3. The van der Waals surface area contributed by atoms with Gasteiger partial charge in [-0.05, 0) is 54.8 Å². The average molecular weight is 315 g/mol. The van der Waals surface area contributed by atoms with E-state index in [2.05, 4.69) is 30.2 Å². The topological polar surface area (TPSA) is 67.5 Å². The van der Waals surface area contributed by atoms with Gasteiger partial charge in [-0.25, -0.2) is 4.99 Å². The Morgan fingerprint density at radius 1 is 1.14 bits per heavy atom. The second kappa shape index (κ2) is 7.22. The number of nitrogens with zero attached hydrogens (tertiary/aromatic N) is 1. The monoisotopic (exact) mass is 315 g/mol. The van der Waals surface area contributed by atoms with Crippen LogP contribution >= 0.6 is 0 Å². The Balaban J connectivity index is 2.00. The zero-order chi connectivity index (χ0) is 16.1. The van der Waals surface area contributed by atoms with E-state index in [0.717, 1.165) is 16.1 Å². The van der Waals surface area contributed by atoms with Crippen LogP contribution in [0.3, 0.4) is 0 Å². The van der Waals surface area contributed by atoms with Crippen LogP contribution in [0.4, 0.5) is 5.69 Å². The number of guanidine groups is 1. The van der Waals surface area contributed by atoms with E-state index >= 15 is 0 Å². The zero-order valence-corrected chi connectivity index (χ0v) is 13.9. The van der Waals surface area contributed by atoms with Gasteiger partial charge in [-0.15, -0.1) is 0 Å². The molecule has 4 nitrogen and oxygen atoms in total. The van der Waals surface area contributed by atoms with E-state index < -0.39 is 10.8 Å². The predicted octanol–water partition coefficient (Wildman–Crippen LogP) is 2.97. The van der Waals surface area contributed by atoms with Crippen molar-refractivity contribution in [2.75, 3.05) is 11.6 Å². The van der Waals surface area contributed by atoms with E-state index in [1.54, 1.807) is 6.26 Å². The standard InChI is InChI=1S/C17H21N3OS/c1-12-4-7-15(10-13(12)2)20-17(18)19-11-14-5-8-16(9-6-14)22(3)21/h4-10H,11H2,1-3H3,(H3,18,19,20). The number of nitrogens with one attached hydrogen (secondary N) is 1. The fourth-order valence-corrected chi connectivity index (χ4v) is 2.49. The summed E-state index contributed by atoms with van der Waals surface area (Å²) >= 11 is 0. The van der Waals surface area contributed by atoms with Crippen molar-refractivity contribution in [3.63, 3.8) is 0 Å². The van der Waals surface area contributed by atoms with Gasteiger partial charge < -0.3 is 11.1 Å². The Morgan fingerprint density at radius 3 is 2.41 bits per heavy atom.